The van der Waals surface area contributed by atoms with Crippen molar-refractivity contribution in [3.63, 3.8) is 0 Å². The first-order chi connectivity index (χ1) is 28.2. The van der Waals surface area contributed by atoms with Gasteiger partial charge in [0.1, 0.15) is 23.4 Å². The number of benzene rings is 2. The van der Waals surface area contributed by atoms with Crippen LogP contribution in [0.4, 0.5) is 5.69 Å². The number of esters is 1. The number of carbonyl (C=O) groups excluding carboxylic acids is 4. The fourth-order valence-electron chi connectivity index (χ4n) is 7.88. The summed E-state index contributed by atoms with van der Waals surface area (Å²) < 4.78 is 29.8. The van der Waals surface area contributed by atoms with Crippen LogP contribution in [0.5, 0.6) is 23.0 Å². The van der Waals surface area contributed by atoms with Crippen molar-refractivity contribution in [2.24, 2.45) is 23.7 Å². The summed E-state index contributed by atoms with van der Waals surface area (Å²) in [5.41, 5.74) is 0.00940. The van der Waals surface area contributed by atoms with E-state index in [9.17, 15) is 39.6 Å². The maximum atomic E-state index is 14.5. The van der Waals surface area contributed by atoms with Crippen molar-refractivity contribution in [1.29, 1.82) is 0 Å². The van der Waals surface area contributed by atoms with Gasteiger partial charge in [-0.05, 0) is 32.8 Å². The third kappa shape index (κ3) is 9.90. The number of allylic oxidation sites excluding steroid dienone is 2. The summed E-state index contributed by atoms with van der Waals surface area (Å²) in [7, 11) is 1.44. The summed E-state index contributed by atoms with van der Waals surface area (Å²) in [6.07, 6.45) is 5.04. The summed E-state index contributed by atoms with van der Waals surface area (Å²) in [6, 6.07) is 1.28. The number of nitrogens with one attached hydrogen (secondary N) is 1. The second-order valence-corrected chi connectivity index (χ2v) is 16.1. The van der Waals surface area contributed by atoms with Gasteiger partial charge in [-0.25, -0.2) is 0 Å². The smallest absolute Gasteiger partial charge is 0.312 e. The van der Waals surface area contributed by atoms with E-state index in [0.29, 0.717) is 25.9 Å². The number of phenols is 2. The van der Waals surface area contributed by atoms with Gasteiger partial charge < -0.3 is 54.3 Å². The normalized spacial score (nSPS) is 29.5. The Balaban J connectivity index is 1.94. The highest BCUT2D eigenvalue weighted by atomic mass is 16.7. The number of Topliss-reactive ketones (excluding diaryl/α,β-unsaturated/α-hetero) is 1. The minimum Gasteiger partial charge on any atom is -0.507 e. The molecule has 2 aromatic rings. The molecule has 0 aliphatic carbocycles. The van der Waals surface area contributed by atoms with Gasteiger partial charge in [0, 0.05) is 80.3 Å². The summed E-state index contributed by atoms with van der Waals surface area (Å²) in [6.45, 7) is 17.0. The summed E-state index contributed by atoms with van der Waals surface area (Å²) in [4.78, 5) is 55.5. The maximum absolute atomic E-state index is 14.5. The number of anilines is 1. The summed E-state index contributed by atoms with van der Waals surface area (Å²) in [5, 5.41) is 48.6. The van der Waals surface area contributed by atoms with Crippen LogP contribution in [0.3, 0.4) is 0 Å². The van der Waals surface area contributed by atoms with Gasteiger partial charge >= 0.3 is 11.8 Å². The molecule has 3 aliphatic heterocycles. The Kier molecular flexibility index (Phi) is 15.8. The van der Waals surface area contributed by atoms with E-state index >= 15 is 0 Å². The number of amides is 2. The second-order valence-electron chi connectivity index (χ2n) is 16.1. The van der Waals surface area contributed by atoms with Crippen LogP contribution in [-0.4, -0.2) is 106 Å². The molecule has 2 amide bonds. The number of phenolic OH excluding ortho intramolecular Hbond substituents is 2. The largest absolute Gasteiger partial charge is 0.507 e. The van der Waals surface area contributed by atoms with Crippen LogP contribution in [0.1, 0.15) is 91.1 Å². The van der Waals surface area contributed by atoms with Crippen LogP contribution in [0.25, 0.3) is 10.8 Å². The lowest BCUT2D eigenvalue weighted by Crippen LogP contribution is -2.46. The minimum atomic E-state index is -2.02. The lowest BCUT2D eigenvalue weighted by molar-refractivity contribution is -0.160. The number of aromatic hydroxyl groups is 2. The minimum absolute atomic E-state index is 0.0529. The van der Waals surface area contributed by atoms with Gasteiger partial charge in [-0.15, -0.1) is 0 Å². The maximum Gasteiger partial charge on any atom is 0.312 e. The molecule has 5 bridgehead atoms. The van der Waals surface area contributed by atoms with Crippen LogP contribution in [-0.2, 0) is 28.6 Å². The first-order valence-corrected chi connectivity index (χ1v) is 20.5. The number of hydrogen-bond acceptors (Lipinski definition) is 13. The number of methoxy groups -OCH3 is 1. The molecule has 3 aliphatic rings. The molecule has 3 heterocycles. The quantitative estimate of drug-likeness (QED) is 0.144. The van der Waals surface area contributed by atoms with E-state index in [4.69, 9.17) is 23.7 Å². The van der Waals surface area contributed by atoms with E-state index in [-0.39, 0.29) is 50.6 Å². The number of aliphatic hydroxyl groups excluding tert-OH is 2. The number of carbonyl (C=O) groups is 4. The molecule has 0 aromatic heterocycles. The monoisotopic (exact) mass is 838 g/mol. The van der Waals surface area contributed by atoms with Crippen molar-refractivity contribution in [2.45, 2.75) is 112 Å². The molecular formula is C45H62N2O13. The fourth-order valence-corrected chi connectivity index (χ4v) is 7.88. The number of ketones is 1. The van der Waals surface area contributed by atoms with Crippen molar-refractivity contribution < 1.29 is 63.3 Å². The molecular weight excluding hydrogens is 776 g/mol. The van der Waals surface area contributed by atoms with Crippen LogP contribution in [0, 0.1) is 30.6 Å². The lowest BCUT2D eigenvalue weighted by Gasteiger charge is -2.38. The second kappa shape index (κ2) is 20.0. The molecule has 60 heavy (non-hydrogen) atoms. The summed E-state index contributed by atoms with van der Waals surface area (Å²) in [5.74, 6) is -7.95. The Morgan fingerprint density at radius 3 is 2.18 bits per heavy atom. The SMILES string of the molecule is CCCN(CCC)C(=O)COc1cc2c(O)c3c(O)c(C)c4c(c13)C(=O)[C@@](C)(O/C=C\[C@H](OC)[C@@H](C)[C@@H](OC(C)=O)[C@H](C)[C@H](O)[C@H](C)[C@@H](O)[C@@H](C)/C=C\C=C(\C)C(=O)N2)O4. The number of nitrogens with zero attached hydrogens (tertiary/aromatic N) is 1. The topological polar surface area (TPSA) is 211 Å². The predicted octanol–water partition coefficient (Wildman–Crippen LogP) is 6.08. The Bertz CT molecular complexity index is 2020. The first-order valence-electron chi connectivity index (χ1n) is 20.5. The van der Waals surface area contributed by atoms with Gasteiger partial charge in [0.05, 0.1) is 41.2 Å². The Morgan fingerprint density at radius 1 is 0.933 bits per heavy atom. The van der Waals surface area contributed by atoms with Gasteiger partial charge in [-0.3, -0.25) is 19.2 Å². The highest BCUT2D eigenvalue weighted by molar-refractivity contribution is 6.21. The van der Waals surface area contributed by atoms with Crippen LogP contribution in [0.2, 0.25) is 0 Å². The molecule has 2 aromatic carbocycles. The number of hydrogen-bond donors (Lipinski definition) is 5. The van der Waals surface area contributed by atoms with Crippen molar-refractivity contribution in [1.82, 2.24) is 4.90 Å². The van der Waals surface area contributed by atoms with E-state index in [1.807, 2.05) is 13.8 Å². The van der Waals surface area contributed by atoms with Crippen LogP contribution >= 0.6 is 0 Å². The van der Waals surface area contributed by atoms with Crippen molar-refractivity contribution in [2.75, 3.05) is 32.1 Å². The third-order valence-electron chi connectivity index (χ3n) is 11.5. The molecule has 0 radical (unpaired) electrons. The zero-order valence-corrected chi connectivity index (χ0v) is 36.5. The van der Waals surface area contributed by atoms with Crippen LogP contribution < -0.4 is 14.8 Å². The van der Waals surface area contributed by atoms with E-state index < -0.39 is 89.6 Å². The predicted molar refractivity (Wildman–Crippen MR) is 225 cm³/mol. The molecule has 15 heteroatoms. The molecule has 9 atom stereocenters. The Morgan fingerprint density at radius 2 is 1.58 bits per heavy atom. The number of ether oxygens (including phenoxy) is 5. The number of aliphatic hydroxyl groups is 2. The Labute approximate surface area is 352 Å². The summed E-state index contributed by atoms with van der Waals surface area (Å²) >= 11 is 0. The van der Waals surface area contributed by atoms with Crippen LogP contribution in [0.15, 0.2) is 42.2 Å². The van der Waals surface area contributed by atoms with Gasteiger partial charge in [0.25, 0.3) is 17.6 Å². The average Bonchev–Trinajstić information content (AvgIpc) is 3.47. The van der Waals surface area contributed by atoms with Crippen molar-refractivity contribution in [3.05, 3.63) is 53.3 Å². The standard InChI is InChI=1S/C45H62N2O13/c1-12-18-47(19-13-2)33(49)22-57-32-21-30-40(53)35-34(32)36-42(28(8)39(35)52)60-45(10,43(36)54)58-20-17-31(56-11)25(5)41(59-29(9)48)27(7)38(51)26(6)37(50)23(3)15-14-16-24(4)44(55)46-30/h14-17,20-21,23,25-27,31,37-38,41,50-53H,12-13,18-19,22H2,1-11H3,(H,46,55)/b15-14-,20-17-,24-16-/t23-,25+,26+,27+,31-,37-,38+,41+,45-/m0/s1. The molecule has 0 saturated carbocycles. The van der Waals surface area contributed by atoms with Gasteiger partial charge in [-0.1, -0.05) is 59.8 Å². The third-order valence-corrected chi connectivity index (χ3v) is 11.5. The van der Waals surface area contributed by atoms with E-state index in [1.54, 1.807) is 44.7 Å². The highest BCUT2D eigenvalue weighted by Crippen LogP contribution is 2.54. The highest BCUT2D eigenvalue weighted by Gasteiger charge is 2.49. The molecule has 15 nitrogen and oxygen atoms in total. The molecule has 0 saturated heterocycles. The molecule has 330 valence electrons. The number of fused-ring (bicyclic) bond motifs is 14. The van der Waals surface area contributed by atoms with Crippen molar-refractivity contribution in [3.8, 4) is 23.0 Å². The van der Waals surface area contributed by atoms with E-state index in [2.05, 4.69) is 5.32 Å². The first kappa shape index (κ1) is 47.6. The van der Waals surface area contributed by atoms with E-state index in [0.717, 1.165) is 0 Å². The molecule has 5 rings (SSSR count). The zero-order valence-electron chi connectivity index (χ0n) is 36.5. The van der Waals surface area contributed by atoms with E-state index in [1.165, 1.54) is 59.3 Å². The zero-order chi connectivity index (χ0) is 44.8. The molecule has 5 N–H and O–H groups in total. The number of rotatable bonds is 9. The molecule has 0 unspecified atom stereocenters. The molecule has 0 spiro atoms. The average molecular weight is 839 g/mol. The fraction of sp³-hybridized carbons (Fsp3) is 0.556. The van der Waals surface area contributed by atoms with Gasteiger partial charge in [-0.2, -0.15) is 0 Å². The Hall–Kier alpha value is -5.12. The molecule has 0 fully saturated rings. The van der Waals surface area contributed by atoms with Gasteiger partial charge in [0.15, 0.2) is 12.4 Å². The lowest BCUT2D eigenvalue weighted by atomic mass is 9.78. The van der Waals surface area contributed by atoms with Gasteiger partial charge in [0.2, 0.25) is 0 Å². The van der Waals surface area contributed by atoms with Crippen molar-refractivity contribution >= 4 is 40.0 Å².